The van der Waals surface area contributed by atoms with Crippen LogP contribution < -0.4 is 9.64 Å². The Kier molecular flexibility index (Phi) is 7.25. The second-order valence-electron chi connectivity index (χ2n) is 7.15. The molecule has 1 aromatic heterocycles. The minimum absolute atomic E-state index is 0.0726. The molecule has 0 spiro atoms. The van der Waals surface area contributed by atoms with Gasteiger partial charge in [-0.2, -0.15) is 0 Å². The molecule has 1 aliphatic rings. The van der Waals surface area contributed by atoms with Crippen LogP contribution in [0.1, 0.15) is 25.3 Å². The average molecular weight is 443 g/mol. The summed E-state index contributed by atoms with van der Waals surface area (Å²) in [6.07, 6.45) is 2.10. The van der Waals surface area contributed by atoms with Crippen LogP contribution in [0.5, 0.6) is 5.75 Å². The first-order valence-electron chi connectivity index (χ1n) is 10.3. The van der Waals surface area contributed by atoms with Gasteiger partial charge in [0.25, 0.3) is 0 Å². The zero-order valence-electron chi connectivity index (χ0n) is 17.1. The summed E-state index contributed by atoms with van der Waals surface area (Å²) in [7, 11) is 0. The van der Waals surface area contributed by atoms with Gasteiger partial charge in [-0.15, -0.1) is 11.8 Å². The summed E-state index contributed by atoms with van der Waals surface area (Å²) in [5, 5.41) is 0.720. The van der Waals surface area contributed by atoms with Gasteiger partial charge in [0.2, 0.25) is 5.91 Å². The summed E-state index contributed by atoms with van der Waals surface area (Å²) >= 11 is 3.17. The molecular formula is C23H26N2O3S2. The Bertz CT molecular complexity index is 971. The molecule has 158 valence electrons. The number of thiazole rings is 1. The van der Waals surface area contributed by atoms with E-state index >= 15 is 0 Å². The van der Waals surface area contributed by atoms with Gasteiger partial charge < -0.3 is 9.47 Å². The number of hydrogen-bond donors (Lipinski definition) is 0. The fourth-order valence-electron chi connectivity index (χ4n) is 3.49. The molecule has 0 aliphatic carbocycles. The van der Waals surface area contributed by atoms with E-state index in [-0.39, 0.29) is 12.0 Å². The summed E-state index contributed by atoms with van der Waals surface area (Å²) in [5.74, 6) is 2.06. The van der Waals surface area contributed by atoms with E-state index in [0.29, 0.717) is 18.9 Å². The Morgan fingerprint density at radius 2 is 2.13 bits per heavy atom. The van der Waals surface area contributed by atoms with E-state index in [1.807, 2.05) is 48.2 Å². The van der Waals surface area contributed by atoms with Crippen LogP contribution in [0.3, 0.4) is 0 Å². The summed E-state index contributed by atoms with van der Waals surface area (Å²) in [4.78, 5) is 19.8. The lowest BCUT2D eigenvalue weighted by atomic mass is 10.2. The second-order valence-corrected chi connectivity index (χ2v) is 9.14. The van der Waals surface area contributed by atoms with Crippen molar-refractivity contribution in [2.45, 2.75) is 31.6 Å². The zero-order valence-corrected chi connectivity index (χ0v) is 18.7. The monoisotopic (exact) mass is 442 g/mol. The van der Waals surface area contributed by atoms with Crippen LogP contribution in [-0.2, 0) is 15.3 Å². The number of fused-ring (bicyclic) bond motifs is 1. The Morgan fingerprint density at radius 3 is 2.90 bits per heavy atom. The summed E-state index contributed by atoms with van der Waals surface area (Å²) in [5.41, 5.74) is 2.05. The molecule has 1 fully saturated rings. The maximum absolute atomic E-state index is 13.2. The number of ether oxygens (including phenoxy) is 2. The number of thioether (sulfide) groups is 1. The smallest absolute Gasteiger partial charge is 0.238 e. The highest BCUT2D eigenvalue weighted by Crippen LogP contribution is 2.35. The molecule has 0 N–H and O–H groups in total. The largest absolute Gasteiger partial charge is 0.492 e. The molecule has 1 unspecified atom stereocenters. The molecular weight excluding hydrogens is 416 g/mol. The van der Waals surface area contributed by atoms with Gasteiger partial charge in [-0.1, -0.05) is 47.7 Å². The van der Waals surface area contributed by atoms with Crippen molar-refractivity contribution in [3.05, 3.63) is 54.1 Å². The standard InChI is InChI=1S/C23H26N2O3S2/c1-2-27-19-11-6-12-20-22(19)24-23(30-20)25(14-18-10-7-13-28-18)21(26)16-29-15-17-8-4-3-5-9-17/h3-6,8-9,11-12,18H,2,7,10,13-16H2,1H3. The van der Waals surface area contributed by atoms with Gasteiger partial charge >= 0.3 is 0 Å². The van der Waals surface area contributed by atoms with Crippen molar-refractivity contribution in [2.24, 2.45) is 0 Å². The van der Waals surface area contributed by atoms with E-state index in [4.69, 9.17) is 14.5 Å². The maximum atomic E-state index is 13.2. The number of carbonyl (C=O) groups excluding carboxylic acids is 1. The predicted octanol–water partition coefficient (Wildman–Crippen LogP) is 5.14. The fourth-order valence-corrected chi connectivity index (χ4v) is 5.36. The van der Waals surface area contributed by atoms with Crippen LogP contribution in [0, 0.1) is 0 Å². The van der Waals surface area contributed by atoms with Crippen LogP contribution in [0.25, 0.3) is 10.2 Å². The van der Waals surface area contributed by atoms with Gasteiger partial charge in [-0.25, -0.2) is 4.98 Å². The quantitative estimate of drug-likeness (QED) is 0.459. The second kappa shape index (κ2) is 10.3. The van der Waals surface area contributed by atoms with Crippen LogP contribution in [-0.4, -0.2) is 42.5 Å². The fraction of sp³-hybridized carbons (Fsp3) is 0.391. The SMILES string of the molecule is CCOc1cccc2sc(N(CC3CCCO3)C(=O)CSCc3ccccc3)nc12. The average Bonchev–Trinajstić information content (AvgIpc) is 3.43. The lowest BCUT2D eigenvalue weighted by Crippen LogP contribution is -2.38. The molecule has 1 aliphatic heterocycles. The number of hydrogen-bond acceptors (Lipinski definition) is 6. The third kappa shape index (κ3) is 5.14. The van der Waals surface area contributed by atoms with Crippen molar-refractivity contribution in [3.8, 4) is 5.75 Å². The first kappa shape index (κ1) is 21.2. The van der Waals surface area contributed by atoms with Crippen molar-refractivity contribution >= 4 is 44.4 Å². The Morgan fingerprint density at radius 1 is 1.27 bits per heavy atom. The van der Waals surface area contributed by atoms with Gasteiger partial charge in [-0.05, 0) is 37.5 Å². The van der Waals surface area contributed by atoms with Crippen molar-refractivity contribution < 1.29 is 14.3 Å². The Hall–Kier alpha value is -2.09. The number of anilines is 1. The molecule has 1 amide bonds. The number of aromatic nitrogens is 1. The molecule has 3 aromatic rings. The van der Waals surface area contributed by atoms with Crippen LogP contribution >= 0.6 is 23.1 Å². The molecule has 4 rings (SSSR count). The van der Waals surface area contributed by atoms with Crippen LogP contribution in [0.2, 0.25) is 0 Å². The number of amides is 1. The number of para-hydroxylation sites is 1. The van der Waals surface area contributed by atoms with Crippen molar-refractivity contribution in [1.29, 1.82) is 0 Å². The predicted molar refractivity (Wildman–Crippen MR) is 125 cm³/mol. The summed E-state index contributed by atoms with van der Waals surface area (Å²) < 4.78 is 12.6. The highest BCUT2D eigenvalue weighted by Gasteiger charge is 2.26. The van der Waals surface area contributed by atoms with Gasteiger partial charge in [0, 0.05) is 12.4 Å². The van der Waals surface area contributed by atoms with E-state index < -0.39 is 0 Å². The Labute approximate surface area is 185 Å². The third-order valence-electron chi connectivity index (χ3n) is 4.95. The lowest BCUT2D eigenvalue weighted by Gasteiger charge is -2.23. The summed E-state index contributed by atoms with van der Waals surface area (Å²) in [6, 6.07) is 16.2. The number of carbonyl (C=O) groups is 1. The highest BCUT2D eigenvalue weighted by atomic mass is 32.2. The lowest BCUT2D eigenvalue weighted by molar-refractivity contribution is -0.116. The van der Waals surface area contributed by atoms with E-state index in [1.54, 1.807) is 11.8 Å². The molecule has 5 nitrogen and oxygen atoms in total. The van der Waals surface area contributed by atoms with Crippen LogP contribution in [0.15, 0.2) is 48.5 Å². The number of nitrogens with zero attached hydrogens (tertiary/aromatic N) is 2. The first-order chi connectivity index (χ1) is 14.7. The molecule has 0 saturated carbocycles. The minimum Gasteiger partial charge on any atom is -0.492 e. The molecule has 0 bridgehead atoms. The van der Waals surface area contributed by atoms with Crippen LogP contribution in [0.4, 0.5) is 5.13 Å². The molecule has 30 heavy (non-hydrogen) atoms. The van der Waals surface area contributed by atoms with E-state index in [1.165, 1.54) is 16.9 Å². The Balaban J connectivity index is 1.52. The maximum Gasteiger partial charge on any atom is 0.238 e. The molecule has 2 heterocycles. The van der Waals surface area contributed by atoms with Gasteiger partial charge in [0.05, 0.1) is 29.7 Å². The molecule has 2 aromatic carbocycles. The zero-order chi connectivity index (χ0) is 20.8. The number of benzene rings is 2. The molecule has 0 radical (unpaired) electrons. The number of rotatable bonds is 9. The molecule has 7 heteroatoms. The minimum atomic E-state index is 0.0726. The topological polar surface area (TPSA) is 51.7 Å². The first-order valence-corrected chi connectivity index (χ1v) is 12.3. The molecule has 1 saturated heterocycles. The summed E-state index contributed by atoms with van der Waals surface area (Å²) in [6.45, 7) is 3.86. The van der Waals surface area contributed by atoms with Crippen molar-refractivity contribution in [2.75, 3.05) is 30.4 Å². The third-order valence-corrected chi connectivity index (χ3v) is 6.98. The van der Waals surface area contributed by atoms with Gasteiger partial charge in [0.1, 0.15) is 11.3 Å². The molecule has 1 atom stereocenters. The van der Waals surface area contributed by atoms with E-state index in [2.05, 4.69) is 12.1 Å². The van der Waals surface area contributed by atoms with E-state index in [0.717, 1.165) is 46.3 Å². The van der Waals surface area contributed by atoms with Crippen molar-refractivity contribution in [3.63, 3.8) is 0 Å². The highest BCUT2D eigenvalue weighted by molar-refractivity contribution is 7.99. The normalized spacial score (nSPS) is 16.1. The van der Waals surface area contributed by atoms with Gasteiger partial charge in [0.15, 0.2) is 5.13 Å². The van der Waals surface area contributed by atoms with E-state index in [9.17, 15) is 4.79 Å². The van der Waals surface area contributed by atoms with Crippen molar-refractivity contribution in [1.82, 2.24) is 4.98 Å². The van der Waals surface area contributed by atoms with Gasteiger partial charge in [-0.3, -0.25) is 9.69 Å².